The van der Waals surface area contributed by atoms with E-state index in [4.69, 9.17) is 0 Å². The molecule has 26 heavy (non-hydrogen) atoms. The maximum absolute atomic E-state index is 2.29. The minimum Gasteiger partial charge on any atom is -0.214 e. The summed E-state index contributed by atoms with van der Waals surface area (Å²) in [5, 5.41) is 5.57. The van der Waals surface area contributed by atoms with Crippen LogP contribution in [0.15, 0.2) is 78.9 Å². The van der Waals surface area contributed by atoms with Crippen LogP contribution >= 0.6 is 0 Å². The van der Waals surface area contributed by atoms with E-state index in [1.807, 2.05) is 30.3 Å². The average Bonchev–Trinajstić information content (AvgIpc) is 3.23. The molecule has 4 aromatic carbocycles. The van der Waals surface area contributed by atoms with Crippen LogP contribution in [-0.4, -0.2) is 3.21 Å². The van der Waals surface area contributed by atoms with Crippen LogP contribution in [0, 0.1) is 0 Å². The van der Waals surface area contributed by atoms with Gasteiger partial charge in [0.2, 0.25) is 0 Å². The molecule has 0 saturated carbocycles. The standard InChI is InChI=1S/C17H17.C5H5.C3H6.Zr/c1-17(2,3)16-14-10-6-4-8-12(14)13-9-5-7-11-15(13)16;1-2-4-5-3-1;1-3-2;/h4-11H,1-3H3;1-5H;1-2H3;/q2*-1;;+2. The Bertz CT molecular complexity index is 872. The number of fused-ring (bicyclic) bond motifs is 3. The van der Waals surface area contributed by atoms with E-state index in [9.17, 15) is 0 Å². The number of hydrogen-bond acceptors (Lipinski definition) is 0. The van der Waals surface area contributed by atoms with Crippen LogP contribution in [0.5, 0.6) is 0 Å². The van der Waals surface area contributed by atoms with Gasteiger partial charge in [0.1, 0.15) is 0 Å². The zero-order valence-corrected chi connectivity index (χ0v) is 19.0. The van der Waals surface area contributed by atoms with Gasteiger partial charge in [-0.05, 0) is 5.41 Å². The Kier molecular flexibility index (Phi) is 7.47. The van der Waals surface area contributed by atoms with Crippen LogP contribution in [0.3, 0.4) is 0 Å². The van der Waals surface area contributed by atoms with Gasteiger partial charge < -0.3 is 0 Å². The summed E-state index contributed by atoms with van der Waals surface area (Å²) in [6, 6.07) is 27.5. The Morgan fingerprint density at radius 2 is 1.15 bits per heavy atom. The number of benzene rings is 2. The molecular formula is C25H28Zr. The molecule has 1 heteroatoms. The van der Waals surface area contributed by atoms with Gasteiger partial charge in [-0.15, -0.1) is 39.2 Å². The Hall–Kier alpha value is -1.59. The van der Waals surface area contributed by atoms with E-state index >= 15 is 0 Å². The van der Waals surface area contributed by atoms with E-state index in [0.717, 1.165) is 0 Å². The first kappa shape index (κ1) is 20.7. The van der Waals surface area contributed by atoms with Crippen molar-refractivity contribution >= 4 is 24.8 Å². The Labute approximate surface area is 172 Å². The van der Waals surface area contributed by atoms with Gasteiger partial charge in [-0.25, -0.2) is 12.1 Å². The number of hydrogen-bond donors (Lipinski definition) is 0. The van der Waals surface area contributed by atoms with Gasteiger partial charge in [0.25, 0.3) is 0 Å². The van der Waals surface area contributed by atoms with Crippen LogP contribution in [-0.2, 0) is 29.7 Å². The predicted octanol–water partition coefficient (Wildman–Crippen LogP) is 7.16. The first-order valence-corrected chi connectivity index (χ1v) is 10.3. The Morgan fingerprint density at radius 3 is 1.46 bits per heavy atom. The van der Waals surface area contributed by atoms with Gasteiger partial charge in [0.05, 0.1) is 0 Å². The summed E-state index contributed by atoms with van der Waals surface area (Å²) in [4.78, 5) is 0. The van der Waals surface area contributed by atoms with Gasteiger partial charge in [-0.3, -0.25) is 0 Å². The molecule has 0 aliphatic carbocycles. The molecule has 0 amide bonds. The fourth-order valence-electron chi connectivity index (χ4n) is 3.15. The van der Waals surface area contributed by atoms with Crippen molar-refractivity contribution in [1.29, 1.82) is 0 Å². The van der Waals surface area contributed by atoms with Crippen molar-refractivity contribution in [3.8, 4) is 0 Å². The molecular weight excluding hydrogens is 391 g/mol. The molecule has 0 spiro atoms. The van der Waals surface area contributed by atoms with Gasteiger partial charge in [0.15, 0.2) is 0 Å². The minimum absolute atomic E-state index is 0.183. The van der Waals surface area contributed by atoms with E-state index in [-0.39, 0.29) is 5.41 Å². The number of rotatable bonds is 0. The first-order valence-electron chi connectivity index (χ1n) is 9.07. The first-order chi connectivity index (χ1) is 12.3. The summed E-state index contributed by atoms with van der Waals surface area (Å²) in [5.41, 5.74) is 1.66. The molecule has 4 aromatic rings. The van der Waals surface area contributed by atoms with Crippen molar-refractivity contribution in [3.05, 3.63) is 84.4 Å². The average molecular weight is 420 g/mol. The molecule has 0 aliphatic rings. The molecule has 0 atom stereocenters. The fourth-order valence-corrected chi connectivity index (χ4v) is 3.15. The fraction of sp³-hybridized carbons (Fsp3) is 0.240. The third-order valence-electron chi connectivity index (χ3n) is 3.99. The van der Waals surface area contributed by atoms with Crippen LogP contribution < -0.4 is 0 Å². The topological polar surface area (TPSA) is 0 Å². The van der Waals surface area contributed by atoms with Crippen LogP contribution in [0.4, 0.5) is 0 Å². The van der Waals surface area contributed by atoms with E-state index in [0.29, 0.717) is 0 Å². The van der Waals surface area contributed by atoms with Crippen LogP contribution in [0.2, 0.25) is 0 Å². The van der Waals surface area contributed by atoms with Crippen molar-refractivity contribution in [3.63, 3.8) is 0 Å². The molecule has 132 valence electrons. The normalized spacial score (nSPS) is 10.7. The summed E-state index contributed by atoms with van der Waals surface area (Å²) in [6.07, 6.45) is 0. The molecule has 0 aromatic heterocycles. The zero-order chi connectivity index (χ0) is 19.2. The maximum atomic E-state index is 2.29. The SMILES string of the molecule is CC(C)(C)[c-]1c2ccccc2c2ccccc21.C[C](C)=[Zr+2].c1cc[cH-]c1. The van der Waals surface area contributed by atoms with Gasteiger partial charge in [-0.2, -0.15) is 18.2 Å². The summed E-state index contributed by atoms with van der Waals surface area (Å²) in [7, 11) is 0. The maximum Gasteiger partial charge on any atom is -0.172 e. The molecule has 0 bridgehead atoms. The van der Waals surface area contributed by atoms with E-state index in [1.165, 1.54) is 30.3 Å². The quantitative estimate of drug-likeness (QED) is 0.265. The summed E-state index contributed by atoms with van der Waals surface area (Å²) >= 11 is 1.55. The van der Waals surface area contributed by atoms with Crippen molar-refractivity contribution in [2.45, 2.75) is 40.0 Å². The molecule has 0 nitrogen and oxygen atoms in total. The molecule has 4 rings (SSSR count). The van der Waals surface area contributed by atoms with Crippen molar-refractivity contribution in [1.82, 2.24) is 0 Å². The molecule has 0 unspecified atom stereocenters. The molecule has 0 N–H and O–H groups in total. The third-order valence-corrected chi connectivity index (χ3v) is 3.99. The second kappa shape index (κ2) is 9.38. The second-order valence-electron chi connectivity index (χ2n) is 7.68. The molecule has 0 saturated heterocycles. The summed E-state index contributed by atoms with van der Waals surface area (Å²) in [6.45, 7) is 11.1. The van der Waals surface area contributed by atoms with E-state index < -0.39 is 0 Å². The van der Waals surface area contributed by atoms with Crippen LogP contribution in [0.25, 0.3) is 21.5 Å². The second-order valence-corrected chi connectivity index (χ2v) is 10.1. The zero-order valence-electron chi connectivity index (χ0n) is 16.5. The molecule has 0 fully saturated rings. The van der Waals surface area contributed by atoms with Gasteiger partial charge >= 0.3 is 41.3 Å². The monoisotopic (exact) mass is 418 g/mol. The Morgan fingerprint density at radius 1 is 0.769 bits per heavy atom. The van der Waals surface area contributed by atoms with Crippen molar-refractivity contribution < 1.29 is 24.2 Å². The molecule has 0 aliphatic heterocycles. The molecule has 0 radical (unpaired) electrons. The van der Waals surface area contributed by atoms with E-state index in [1.54, 1.807) is 24.2 Å². The van der Waals surface area contributed by atoms with E-state index in [2.05, 4.69) is 83.1 Å². The summed E-state index contributed by atoms with van der Waals surface area (Å²) < 4.78 is 1.51. The van der Waals surface area contributed by atoms with Gasteiger partial charge in [0, 0.05) is 0 Å². The van der Waals surface area contributed by atoms with Crippen molar-refractivity contribution in [2.75, 3.05) is 0 Å². The minimum atomic E-state index is 0.183. The largest absolute Gasteiger partial charge is 0.214 e. The Balaban J connectivity index is 0.000000224. The van der Waals surface area contributed by atoms with Crippen LogP contribution in [0.1, 0.15) is 40.2 Å². The third kappa shape index (κ3) is 5.45. The van der Waals surface area contributed by atoms with Gasteiger partial charge in [-0.1, -0.05) is 57.2 Å². The predicted molar refractivity (Wildman–Crippen MR) is 114 cm³/mol. The van der Waals surface area contributed by atoms with Crippen molar-refractivity contribution in [2.24, 2.45) is 0 Å². The smallest absolute Gasteiger partial charge is 0.172 e. The molecule has 0 heterocycles. The summed E-state index contributed by atoms with van der Waals surface area (Å²) in [5.74, 6) is 0.